The zero-order valence-corrected chi connectivity index (χ0v) is 45.1. The molecule has 386 valence electrons. The monoisotopic (exact) mass is 999 g/mol. The first-order chi connectivity index (χ1) is 36.7. The van der Waals surface area contributed by atoms with E-state index in [2.05, 4.69) is 225 Å². The molecule has 0 aromatic heterocycles. The molecule has 7 aromatic carbocycles. The molecule has 0 radical (unpaired) electrons. The minimum absolute atomic E-state index is 0. The van der Waals surface area contributed by atoms with Gasteiger partial charge in [-0.3, -0.25) is 4.99 Å². The summed E-state index contributed by atoms with van der Waals surface area (Å²) in [7, 11) is 1.94. The van der Waals surface area contributed by atoms with Crippen molar-refractivity contribution in [3.05, 3.63) is 303 Å². The highest BCUT2D eigenvalue weighted by molar-refractivity contribution is 6.11. The lowest BCUT2D eigenvalue weighted by molar-refractivity contribution is 0.745. The van der Waals surface area contributed by atoms with Gasteiger partial charge in [0, 0.05) is 52.9 Å². The van der Waals surface area contributed by atoms with Gasteiger partial charge in [0.2, 0.25) is 0 Å². The first kappa shape index (κ1) is 59.7. The van der Waals surface area contributed by atoms with Crippen molar-refractivity contribution in [3.8, 4) is 33.4 Å². The Balaban J connectivity index is 0.000000273. The van der Waals surface area contributed by atoms with E-state index in [1.807, 2.05) is 102 Å². The molecule has 9 rings (SSSR count). The van der Waals surface area contributed by atoms with Crippen LogP contribution in [0.2, 0.25) is 0 Å². The van der Waals surface area contributed by atoms with Gasteiger partial charge in [-0.05, 0) is 121 Å². The fourth-order valence-corrected chi connectivity index (χ4v) is 8.46. The molecule has 1 N–H and O–H groups in total. The van der Waals surface area contributed by atoms with Crippen molar-refractivity contribution < 1.29 is 0 Å². The average Bonchev–Trinajstić information content (AvgIpc) is 3.80. The van der Waals surface area contributed by atoms with Gasteiger partial charge in [0.15, 0.2) is 0 Å². The molecular weight excluding hydrogens is 921 g/mol. The summed E-state index contributed by atoms with van der Waals surface area (Å²) in [5, 5.41) is 3.29. The number of allylic oxidation sites excluding steroid dienone is 12. The molecule has 2 aliphatic rings. The third-order valence-electron chi connectivity index (χ3n) is 12.4. The normalized spacial score (nSPS) is 14.0. The molecule has 1 aliphatic carbocycles. The van der Waals surface area contributed by atoms with E-state index in [1.165, 1.54) is 39.2 Å². The second-order valence-corrected chi connectivity index (χ2v) is 17.2. The number of nitrogens with zero attached hydrogens (tertiary/aromatic N) is 3. The number of aliphatic imine (C=N–C) groups is 2. The maximum atomic E-state index is 5.12. The van der Waals surface area contributed by atoms with E-state index in [1.54, 1.807) is 18.4 Å². The van der Waals surface area contributed by atoms with E-state index in [-0.39, 0.29) is 7.43 Å². The maximum absolute atomic E-state index is 5.12. The number of anilines is 3. The molecule has 1 aliphatic heterocycles. The van der Waals surface area contributed by atoms with Crippen molar-refractivity contribution >= 4 is 35.2 Å². The van der Waals surface area contributed by atoms with Crippen LogP contribution in [0.15, 0.2) is 296 Å². The van der Waals surface area contributed by atoms with Gasteiger partial charge in [-0.15, -0.1) is 0 Å². The first-order valence-corrected chi connectivity index (χ1v) is 25.7. The highest BCUT2D eigenvalue weighted by Gasteiger charge is 2.37. The minimum atomic E-state index is 0. The van der Waals surface area contributed by atoms with Crippen LogP contribution in [0.1, 0.15) is 64.7 Å². The van der Waals surface area contributed by atoms with Gasteiger partial charge in [-0.25, -0.2) is 4.99 Å². The Morgan fingerprint density at radius 2 is 1.22 bits per heavy atom. The van der Waals surface area contributed by atoms with E-state index in [0.29, 0.717) is 12.0 Å². The second-order valence-electron chi connectivity index (χ2n) is 17.2. The van der Waals surface area contributed by atoms with E-state index < -0.39 is 0 Å². The summed E-state index contributed by atoms with van der Waals surface area (Å²) < 4.78 is 0. The third-order valence-corrected chi connectivity index (χ3v) is 12.4. The van der Waals surface area contributed by atoms with Gasteiger partial charge in [0.1, 0.15) is 0 Å². The molecule has 76 heavy (non-hydrogen) atoms. The van der Waals surface area contributed by atoms with Crippen LogP contribution >= 0.6 is 0 Å². The smallest absolute Gasteiger partial charge is 0.0725 e. The lowest BCUT2D eigenvalue weighted by Crippen LogP contribution is -2.28. The molecule has 0 saturated carbocycles. The molecule has 0 bridgehead atoms. The highest BCUT2D eigenvalue weighted by atomic mass is 15.2. The third kappa shape index (κ3) is 16.6. The second kappa shape index (κ2) is 32.4. The van der Waals surface area contributed by atoms with Gasteiger partial charge in [0.05, 0.1) is 17.4 Å². The van der Waals surface area contributed by atoms with Crippen LogP contribution in [0.3, 0.4) is 0 Å². The number of hydrogen-bond acceptors (Lipinski definition) is 4. The Hall–Kier alpha value is -8.86. The van der Waals surface area contributed by atoms with Crippen LogP contribution < -0.4 is 10.2 Å². The zero-order valence-electron chi connectivity index (χ0n) is 45.1. The number of hydrogen-bond donors (Lipinski definition) is 1. The SMILES string of the molecule is C.C=C(/C=C\C=C/C)/C(C)=C/C.C=CC=C.C=N/C=C\C(=Nc1ccccc1-c1ccccc1NC)c1cccc(-c2ccc(-c3ccccc3)cc2)c1.CC.Cc1ccc2c(c1)N(c1ccccc1)C1C=CC=CC21. The number of benzene rings is 7. The summed E-state index contributed by atoms with van der Waals surface area (Å²) >= 11 is 0. The van der Waals surface area contributed by atoms with Crippen LogP contribution in [-0.2, 0) is 0 Å². The maximum Gasteiger partial charge on any atom is 0.0725 e. The average molecular weight is 999 g/mol. The van der Waals surface area contributed by atoms with Gasteiger partial charge >= 0.3 is 0 Å². The minimum Gasteiger partial charge on any atom is -0.388 e. The molecule has 0 fully saturated rings. The van der Waals surface area contributed by atoms with E-state index in [9.17, 15) is 0 Å². The van der Waals surface area contributed by atoms with E-state index in [0.717, 1.165) is 50.5 Å². The molecule has 4 nitrogen and oxygen atoms in total. The quantitative estimate of drug-likeness (QED) is 0.0924. The number of aryl methyl sites for hydroxylation is 1. The van der Waals surface area contributed by atoms with Crippen molar-refractivity contribution in [2.75, 3.05) is 17.3 Å². The number of para-hydroxylation sites is 3. The number of nitrogens with one attached hydrogen (secondary N) is 1. The fraction of sp³-hybridized carbons (Fsp3) is 0.139. The summed E-state index contributed by atoms with van der Waals surface area (Å²) in [5.41, 5.74) is 18.3. The lowest BCUT2D eigenvalue weighted by atomic mass is 9.91. The van der Waals surface area contributed by atoms with E-state index in [4.69, 9.17) is 4.99 Å². The van der Waals surface area contributed by atoms with Crippen molar-refractivity contribution in [3.63, 3.8) is 0 Å². The Kier molecular flexibility index (Phi) is 25.4. The summed E-state index contributed by atoms with van der Waals surface area (Å²) in [6, 6.07) is 61.9. The van der Waals surface area contributed by atoms with Crippen LogP contribution in [0.4, 0.5) is 22.7 Å². The Labute approximate surface area is 457 Å². The Morgan fingerprint density at radius 3 is 1.87 bits per heavy atom. The topological polar surface area (TPSA) is 40.0 Å². The molecule has 0 amide bonds. The van der Waals surface area contributed by atoms with Crippen molar-refractivity contribution in [1.29, 1.82) is 0 Å². The lowest BCUT2D eigenvalue weighted by Gasteiger charge is -2.28. The number of rotatable bonds is 13. The zero-order chi connectivity index (χ0) is 53.8. The standard InChI is InChI=1S/C35H29N3.C19H17N.C11H16.C4H6.C2H6.CH4/c1-36-24-23-33(38-35-18-9-7-16-32(35)31-15-6-8-17-34(31)37-2)30-14-10-13-29(25-30)28-21-19-27(20-22-28)26-11-4-3-5-12-26;1-14-11-12-17-16-9-5-6-10-18(16)20(19(17)13-14)15-7-3-2-4-8-15;1-5-7-8-9-11(4)10(3)6-2;1-3-4-2;1-2;/h3-25,37H,1H2,2H3;2-13,16,18H,1H3;5-9H,4H2,1-3H3;3-4H,1-2H2;1-2H3;1H4/b24-23-,38-33?;;7-5-,9-8-,10-6+;;;. The molecular formula is C72H78N4. The molecule has 1 heterocycles. The largest absolute Gasteiger partial charge is 0.388 e. The van der Waals surface area contributed by atoms with Gasteiger partial charge in [-0.1, -0.05) is 247 Å². The van der Waals surface area contributed by atoms with Crippen LogP contribution in [0.25, 0.3) is 33.4 Å². The molecule has 2 unspecified atom stereocenters. The molecule has 2 atom stereocenters. The van der Waals surface area contributed by atoms with Gasteiger partial charge in [-0.2, -0.15) is 0 Å². The van der Waals surface area contributed by atoms with Crippen LogP contribution in [0, 0.1) is 6.92 Å². The summed E-state index contributed by atoms with van der Waals surface area (Å²) in [5.74, 6) is 0.468. The van der Waals surface area contributed by atoms with Crippen molar-refractivity contribution in [1.82, 2.24) is 0 Å². The molecule has 0 spiro atoms. The Bertz CT molecular complexity index is 3150. The predicted molar refractivity (Wildman–Crippen MR) is 339 cm³/mol. The van der Waals surface area contributed by atoms with Crippen molar-refractivity contribution in [2.24, 2.45) is 9.98 Å². The summed E-state index contributed by atoms with van der Waals surface area (Å²) in [6.45, 7) is 26.5. The molecule has 0 saturated heterocycles. The predicted octanol–water partition coefficient (Wildman–Crippen LogP) is 20.5. The van der Waals surface area contributed by atoms with E-state index >= 15 is 0 Å². The molecule has 4 heteroatoms. The fourth-order valence-electron chi connectivity index (χ4n) is 8.46. The summed E-state index contributed by atoms with van der Waals surface area (Å²) in [4.78, 5) is 11.5. The highest BCUT2D eigenvalue weighted by Crippen LogP contribution is 2.47. The van der Waals surface area contributed by atoms with Crippen molar-refractivity contribution in [2.45, 2.75) is 60.9 Å². The van der Waals surface area contributed by atoms with Crippen LogP contribution in [-0.4, -0.2) is 25.5 Å². The summed E-state index contributed by atoms with van der Waals surface area (Å²) in [6.07, 6.45) is 25.9. The first-order valence-electron chi connectivity index (χ1n) is 25.7. The number of fused-ring (bicyclic) bond motifs is 3. The van der Waals surface area contributed by atoms with Gasteiger partial charge in [0.25, 0.3) is 0 Å². The van der Waals surface area contributed by atoms with Gasteiger partial charge < -0.3 is 10.2 Å². The van der Waals surface area contributed by atoms with Crippen LogP contribution in [0.5, 0.6) is 0 Å². The molecule has 7 aromatic rings. The Morgan fingerprint density at radius 1 is 0.632 bits per heavy atom.